The van der Waals surface area contributed by atoms with Crippen molar-refractivity contribution in [3.63, 3.8) is 0 Å². The molecule has 2 heteroatoms. The van der Waals surface area contributed by atoms with Crippen LogP contribution in [0.15, 0.2) is 24.6 Å². The molecule has 0 saturated carbocycles. The van der Waals surface area contributed by atoms with Crippen LogP contribution < -0.4 is 10.6 Å². The average molecular weight is 126 g/mol. The van der Waals surface area contributed by atoms with Gasteiger partial charge in [-0.25, -0.2) is 0 Å². The van der Waals surface area contributed by atoms with Crippen molar-refractivity contribution >= 4 is 0 Å². The van der Waals surface area contributed by atoms with E-state index >= 15 is 0 Å². The third-order valence-corrected chi connectivity index (χ3v) is 0.773. The van der Waals surface area contributed by atoms with Crippen LogP contribution in [0.4, 0.5) is 0 Å². The summed E-state index contributed by atoms with van der Waals surface area (Å²) in [5, 5.41) is 6.05. The van der Waals surface area contributed by atoms with Gasteiger partial charge < -0.3 is 10.6 Å². The molecule has 9 heavy (non-hydrogen) atoms. The smallest absolute Gasteiger partial charge is 0.0839 e. The van der Waals surface area contributed by atoms with Gasteiger partial charge in [-0.1, -0.05) is 12.2 Å². The lowest BCUT2D eigenvalue weighted by atomic mass is 10.7. The molecule has 0 unspecified atom stereocenters. The minimum absolute atomic E-state index is 0.786. The van der Waals surface area contributed by atoms with Crippen LogP contribution in [0.3, 0.4) is 0 Å². The van der Waals surface area contributed by atoms with Crippen LogP contribution in [-0.2, 0) is 0 Å². The van der Waals surface area contributed by atoms with Gasteiger partial charge in [0.15, 0.2) is 0 Å². The lowest BCUT2D eigenvalue weighted by Crippen LogP contribution is -2.19. The Morgan fingerprint density at radius 3 is 1.78 bits per heavy atom. The molecule has 0 bridgehead atoms. The largest absolute Gasteiger partial charge is 0.374 e. The zero-order valence-electron chi connectivity index (χ0n) is 6.02. The third kappa shape index (κ3) is 7.08. The maximum Gasteiger partial charge on any atom is 0.0839 e. The van der Waals surface area contributed by atoms with Gasteiger partial charge in [0.05, 0.1) is 6.67 Å². The standard InChI is InChI=1S/C7H14N2/c1-3-5-8-7-9-6-4-2/h3-6,8-9H,7H2,1-2H3/b5-3-,6-4-. The monoisotopic (exact) mass is 126 g/mol. The summed E-state index contributed by atoms with van der Waals surface area (Å²) in [4.78, 5) is 0. The van der Waals surface area contributed by atoms with Crippen molar-refractivity contribution in [3.05, 3.63) is 24.6 Å². The zero-order valence-corrected chi connectivity index (χ0v) is 6.02. The second kappa shape index (κ2) is 7.08. The number of rotatable bonds is 4. The summed E-state index contributed by atoms with van der Waals surface area (Å²) in [6, 6.07) is 0. The Morgan fingerprint density at radius 1 is 1.00 bits per heavy atom. The van der Waals surface area contributed by atoms with Crippen LogP contribution in [0.1, 0.15) is 13.8 Å². The number of allylic oxidation sites excluding steroid dienone is 2. The van der Waals surface area contributed by atoms with E-state index in [1.54, 1.807) is 0 Å². The highest BCUT2D eigenvalue weighted by Crippen LogP contribution is 1.62. The van der Waals surface area contributed by atoms with Crippen LogP contribution in [0.2, 0.25) is 0 Å². The molecule has 0 aliphatic carbocycles. The first-order valence-corrected chi connectivity index (χ1v) is 3.11. The number of hydrogen-bond acceptors (Lipinski definition) is 2. The van der Waals surface area contributed by atoms with Crippen LogP contribution in [0.5, 0.6) is 0 Å². The van der Waals surface area contributed by atoms with Gasteiger partial charge in [-0.2, -0.15) is 0 Å². The molecule has 0 heterocycles. The topological polar surface area (TPSA) is 24.1 Å². The molecule has 52 valence electrons. The first kappa shape index (κ1) is 8.08. The zero-order chi connectivity index (χ0) is 6.95. The van der Waals surface area contributed by atoms with Gasteiger partial charge in [-0.15, -0.1) is 0 Å². The van der Waals surface area contributed by atoms with Crippen molar-refractivity contribution < 1.29 is 0 Å². The van der Waals surface area contributed by atoms with E-state index in [0.717, 1.165) is 6.67 Å². The highest BCUT2D eigenvalue weighted by atomic mass is 15.0. The predicted molar refractivity (Wildman–Crippen MR) is 40.8 cm³/mol. The molecule has 0 radical (unpaired) electrons. The van der Waals surface area contributed by atoms with Crippen LogP contribution in [0.25, 0.3) is 0 Å². The van der Waals surface area contributed by atoms with Gasteiger partial charge in [-0.05, 0) is 26.2 Å². The fourth-order valence-corrected chi connectivity index (χ4v) is 0.412. The fraction of sp³-hybridized carbons (Fsp3) is 0.429. The Bertz CT molecular complexity index is 83.1. The van der Waals surface area contributed by atoms with E-state index in [0.29, 0.717) is 0 Å². The molecular weight excluding hydrogens is 112 g/mol. The van der Waals surface area contributed by atoms with Crippen molar-refractivity contribution in [2.45, 2.75) is 13.8 Å². The van der Waals surface area contributed by atoms with E-state index in [1.165, 1.54) is 0 Å². The molecule has 0 amide bonds. The van der Waals surface area contributed by atoms with Crippen LogP contribution in [0, 0.1) is 0 Å². The highest BCUT2D eigenvalue weighted by Gasteiger charge is 1.68. The molecule has 0 spiro atoms. The summed E-state index contributed by atoms with van der Waals surface area (Å²) in [5.74, 6) is 0. The molecule has 0 rings (SSSR count). The highest BCUT2D eigenvalue weighted by molar-refractivity contribution is 4.77. The van der Waals surface area contributed by atoms with E-state index in [2.05, 4.69) is 10.6 Å². The number of nitrogens with one attached hydrogen (secondary N) is 2. The first-order chi connectivity index (χ1) is 4.41. The summed E-state index contributed by atoms with van der Waals surface area (Å²) in [6.45, 7) is 4.74. The van der Waals surface area contributed by atoms with Gasteiger partial charge in [0.25, 0.3) is 0 Å². The van der Waals surface area contributed by atoms with E-state index in [9.17, 15) is 0 Å². The Kier molecular flexibility index (Phi) is 6.36. The van der Waals surface area contributed by atoms with Crippen molar-refractivity contribution in [1.29, 1.82) is 0 Å². The Morgan fingerprint density at radius 2 is 1.44 bits per heavy atom. The molecule has 0 atom stereocenters. The SMILES string of the molecule is C/C=C\NCN/C=C\C. The van der Waals surface area contributed by atoms with E-state index in [1.807, 2.05) is 38.4 Å². The summed E-state index contributed by atoms with van der Waals surface area (Å²) in [7, 11) is 0. The predicted octanol–water partition coefficient (Wildman–Crippen LogP) is 1.19. The number of hydrogen-bond donors (Lipinski definition) is 2. The van der Waals surface area contributed by atoms with Gasteiger partial charge in [0.2, 0.25) is 0 Å². The molecule has 0 fully saturated rings. The molecule has 0 aliphatic heterocycles. The quantitative estimate of drug-likeness (QED) is 0.437. The molecule has 0 aromatic carbocycles. The van der Waals surface area contributed by atoms with Crippen LogP contribution >= 0.6 is 0 Å². The maximum absolute atomic E-state index is 3.03. The van der Waals surface area contributed by atoms with Crippen molar-refractivity contribution in [2.75, 3.05) is 6.67 Å². The Hall–Kier alpha value is -0.920. The molecule has 0 aromatic rings. The summed E-state index contributed by atoms with van der Waals surface area (Å²) >= 11 is 0. The normalized spacial score (nSPS) is 10.9. The van der Waals surface area contributed by atoms with Crippen molar-refractivity contribution in [2.24, 2.45) is 0 Å². The van der Waals surface area contributed by atoms with Gasteiger partial charge in [-0.3, -0.25) is 0 Å². The van der Waals surface area contributed by atoms with Gasteiger partial charge in [0, 0.05) is 0 Å². The molecule has 0 saturated heterocycles. The molecule has 0 aromatic heterocycles. The summed E-state index contributed by atoms with van der Waals surface area (Å²) in [5.41, 5.74) is 0. The second-order valence-corrected chi connectivity index (χ2v) is 1.59. The van der Waals surface area contributed by atoms with E-state index in [4.69, 9.17) is 0 Å². The van der Waals surface area contributed by atoms with Crippen LogP contribution in [-0.4, -0.2) is 6.67 Å². The van der Waals surface area contributed by atoms with Crippen molar-refractivity contribution in [3.8, 4) is 0 Å². The van der Waals surface area contributed by atoms with E-state index in [-0.39, 0.29) is 0 Å². The lowest BCUT2D eigenvalue weighted by molar-refractivity contribution is 0.769. The van der Waals surface area contributed by atoms with E-state index < -0.39 is 0 Å². The molecule has 2 nitrogen and oxygen atoms in total. The fourth-order valence-electron chi connectivity index (χ4n) is 0.412. The minimum Gasteiger partial charge on any atom is -0.374 e. The first-order valence-electron chi connectivity index (χ1n) is 3.11. The summed E-state index contributed by atoms with van der Waals surface area (Å²) < 4.78 is 0. The van der Waals surface area contributed by atoms with Crippen molar-refractivity contribution in [1.82, 2.24) is 10.6 Å². The second-order valence-electron chi connectivity index (χ2n) is 1.59. The van der Waals surface area contributed by atoms with Gasteiger partial charge in [0.1, 0.15) is 0 Å². The molecule has 0 aliphatic rings. The minimum atomic E-state index is 0.786. The Labute approximate surface area is 56.6 Å². The lowest BCUT2D eigenvalue weighted by Gasteiger charge is -1.97. The molecular formula is C7H14N2. The average Bonchev–Trinajstić information content (AvgIpc) is 1.89. The summed E-state index contributed by atoms with van der Waals surface area (Å²) in [6.07, 6.45) is 7.71. The Balaban J connectivity index is 2.91. The third-order valence-electron chi connectivity index (χ3n) is 0.773. The molecule has 2 N–H and O–H groups in total. The maximum atomic E-state index is 3.03. The van der Waals surface area contributed by atoms with Gasteiger partial charge >= 0.3 is 0 Å².